The fraction of sp³-hybridized carbons (Fsp3) is 0.286. The van der Waals surface area contributed by atoms with Gasteiger partial charge in [-0.3, -0.25) is 4.79 Å². The molecular weight excluding hydrogens is 260 g/mol. The smallest absolute Gasteiger partial charge is 0.341 e. The molecule has 3 rings (SSSR count). The van der Waals surface area contributed by atoms with Crippen LogP contribution >= 0.6 is 0 Å². The van der Waals surface area contributed by atoms with Crippen molar-refractivity contribution in [1.82, 2.24) is 4.98 Å². The van der Waals surface area contributed by atoms with E-state index in [0.717, 1.165) is 18.8 Å². The Morgan fingerprint density at radius 1 is 1.30 bits per heavy atom. The molecule has 20 heavy (non-hydrogen) atoms. The number of carboxylic acid groups (broad SMARTS) is 1. The lowest BCUT2D eigenvalue weighted by molar-refractivity contribution is 0.0695. The van der Waals surface area contributed by atoms with E-state index in [1.54, 1.807) is 12.1 Å². The summed E-state index contributed by atoms with van der Waals surface area (Å²) in [5, 5.41) is 9.39. The van der Waals surface area contributed by atoms with Crippen LogP contribution in [0.2, 0.25) is 0 Å². The summed E-state index contributed by atoms with van der Waals surface area (Å²) in [6.07, 6.45) is 1.26. The van der Waals surface area contributed by atoms with Gasteiger partial charge in [-0.2, -0.15) is 0 Å². The minimum absolute atomic E-state index is 0.239. The van der Waals surface area contributed by atoms with Crippen LogP contribution < -0.4 is 10.3 Å². The monoisotopic (exact) mass is 274 g/mol. The number of H-pyrrole nitrogens is 1. The molecule has 0 unspecified atom stereocenters. The fourth-order valence-corrected chi connectivity index (χ4v) is 2.46. The fourth-order valence-electron chi connectivity index (χ4n) is 2.46. The van der Waals surface area contributed by atoms with Crippen LogP contribution in [-0.2, 0) is 4.74 Å². The predicted molar refractivity (Wildman–Crippen MR) is 74.6 cm³/mol. The Morgan fingerprint density at radius 3 is 2.75 bits per heavy atom. The van der Waals surface area contributed by atoms with E-state index in [1.165, 1.54) is 6.20 Å². The number of morpholine rings is 1. The molecule has 1 aliphatic rings. The van der Waals surface area contributed by atoms with Gasteiger partial charge >= 0.3 is 5.97 Å². The molecule has 1 saturated heterocycles. The van der Waals surface area contributed by atoms with E-state index in [0.29, 0.717) is 24.1 Å². The van der Waals surface area contributed by atoms with Gasteiger partial charge in [-0.1, -0.05) is 6.07 Å². The first-order chi connectivity index (χ1) is 9.68. The Morgan fingerprint density at radius 2 is 2.05 bits per heavy atom. The van der Waals surface area contributed by atoms with Gasteiger partial charge in [-0.25, -0.2) is 4.79 Å². The van der Waals surface area contributed by atoms with Crippen molar-refractivity contribution in [3.8, 4) is 0 Å². The Kier molecular flexibility index (Phi) is 3.15. The van der Waals surface area contributed by atoms with Crippen molar-refractivity contribution in [2.75, 3.05) is 31.2 Å². The third-order valence-corrected chi connectivity index (χ3v) is 3.47. The second-order valence-electron chi connectivity index (χ2n) is 4.64. The van der Waals surface area contributed by atoms with E-state index in [-0.39, 0.29) is 5.56 Å². The number of aromatic carboxylic acids is 1. The van der Waals surface area contributed by atoms with Crippen LogP contribution in [0.5, 0.6) is 0 Å². The number of ether oxygens (including phenoxy) is 1. The average molecular weight is 274 g/mol. The summed E-state index contributed by atoms with van der Waals surface area (Å²) in [6, 6.07) is 5.34. The Labute approximate surface area is 114 Å². The van der Waals surface area contributed by atoms with Crippen LogP contribution in [0.3, 0.4) is 0 Å². The zero-order chi connectivity index (χ0) is 14.1. The number of benzene rings is 1. The van der Waals surface area contributed by atoms with Gasteiger partial charge in [-0.15, -0.1) is 0 Å². The number of nitrogens with one attached hydrogen (secondary N) is 1. The maximum Gasteiger partial charge on any atom is 0.341 e. The summed E-state index contributed by atoms with van der Waals surface area (Å²) in [5.74, 6) is -1.22. The lowest BCUT2D eigenvalue weighted by Crippen LogP contribution is -2.36. The first-order valence-corrected chi connectivity index (χ1v) is 6.39. The topological polar surface area (TPSA) is 82.6 Å². The Bertz CT molecular complexity index is 717. The minimum atomic E-state index is -1.22. The number of hydrogen-bond acceptors (Lipinski definition) is 4. The number of nitrogens with zero attached hydrogens (tertiary/aromatic N) is 1. The number of carboxylic acids is 1. The van der Waals surface area contributed by atoms with E-state index in [4.69, 9.17) is 9.84 Å². The van der Waals surface area contributed by atoms with Crippen LogP contribution in [0, 0.1) is 0 Å². The second-order valence-corrected chi connectivity index (χ2v) is 4.64. The highest BCUT2D eigenvalue weighted by Crippen LogP contribution is 2.24. The third-order valence-electron chi connectivity index (χ3n) is 3.47. The number of aromatic nitrogens is 1. The molecule has 0 atom stereocenters. The number of hydrogen-bond donors (Lipinski definition) is 2. The predicted octanol–water partition coefficient (Wildman–Crippen LogP) is 1.06. The molecule has 1 aromatic heterocycles. The average Bonchev–Trinajstić information content (AvgIpc) is 2.48. The van der Waals surface area contributed by atoms with Crippen molar-refractivity contribution in [2.24, 2.45) is 0 Å². The quantitative estimate of drug-likeness (QED) is 0.855. The number of carbonyl (C=O) groups is 1. The highest BCUT2D eigenvalue weighted by Gasteiger charge is 2.17. The van der Waals surface area contributed by atoms with Crippen LogP contribution in [0.25, 0.3) is 10.9 Å². The number of aromatic amines is 1. The maximum absolute atomic E-state index is 12.2. The summed E-state index contributed by atoms with van der Waals surface area (Å²) >= 11 is 0. The first-order valence-electron chi connectivity index (χ1n) is 6.39. The summed E-state index contributed by atoms with van der Waals surface area (Å²) < 4.78 is 5.32. The van der Waals surface area contributed by atoms with Gasteiger partial charge in [-0.05, 0) is 12.1 Å². The molecule has 0 saturated carbocycles. The highest BCUT2D eigenvalue weighted by atomic mass is 16.5. The van der Waals surface area contributed by atoms with E-state index in [1.807, 2.05) is 6.07 Å². The zero-order valence-electron chi connectivity index (χ0n) is 10.8. The number of anilines is 1. The van der Waals surface area contributed by atoms with Gasteiger partial charge in [0.1, 0.15) is 5.56 Å². The van der Waals surface area contributed by atoms with E-state index < -0.39 is 11.4 Å². The third kappa shape index (κ3) is 2.04. The van der Waals surface area contributed by atoms with Crippen LogP contribution in [0.1, 0.15) is 10.4 Å². The first kappa shape index (κ1) is 12.7. The van der Waals surface area contributed by atoms with Crippen molar-refractivity contribution >= 4 is 22.6 Å². The van der Waals surface area contributed by atoms with Gasteiger partial charge in [0.25, 0.3) is 0 Å². The normalized spacial score (nSPS) is 15.5. The molecule has 1 aliphatic heterocycles. The van der Waals surface area contributed by atoms with Gasteiger partial charge in [0.05, 0.1) is 24.4 Å². The standard InChI is InChI=1S/C14H14N2O4/c17-13-9-2-1-3-11(16-4-6-20-7-5-16)12(9)15-8-10(13)14(18)19/h1-3,8H,4-7H2,(H,15,17)(H,18,19). The Balaban J connectivity index is 2.18. The molecule has 1 fully saturated rings. The number of fused-ring (bicyclic) bond motifs is 1. The van der Waals surface area contributed by atoms with Crippen molar-refractivity contribution in [3.05, 3.63) is 40.2 Å². The van der Waals surface area contributed by atoms with Gasteiger partial charge < -0.3 is 19.7 Å². The molecule has 6 heteroatoms. The SMILES string of the molecule is O=C(O)c1c[nH]c2c(N3CCOCC3)cccc2c1=O. The van der Waals surface area contributed by atoms with Crippen molar-refractivity contribution < 1.29 is 14.6 Å². The molecule has 0 spiro atoms. The summed E-state index contributed by atoms with van der Waals surface area (Å²) in [5.41, 5.74) is 0.877. The molecule has 0 bridgehead atoms. The van der Waals surface area contributed by atoms with Crippen molar-refractivity contribution in [1.29, 1.82) is 0 Å². The lowest BCUT2D eigenvalue weighted by Gasteiger charge is -2.29. The molecule has 2 aromatic rings. The molecule has 0 radical (unpaired) electrons. The number of rotatable bonds is 2. The van der Waals surface area contributed by atoms with E-state index in [2.05, 4.69) is 9.88 Å². The molecule has 0 amide bonds. The molecule has 0 aliphatic carbocycles. The number of pyridine rings is 1. The number of para-hydroxylation sites is 1. The molecule has 1 aromatic carbocycles. The van der Waals surface area contributed by atoms with E-state index >= 15 is 0 Å². The van der Waals surface area contributed by atoms with Crippen LogP contribution in [0.15, 0.2) is 29.2 Å². The van der Waals surface area contributed by atoms with Gasteiger partial charge in [0, 0.05) is 24.7 Å². The molecule has 2 N–H and O–H groups in total. The van der Waals surface area contributed by atoms with Crippen LogP contribution in [-0.4, -0.2) is 42.4 Å². The summed E-state index contributed by atoms with van der Waals surface area (Å²) in [7, 11) is 0. The summed E-state index contributed by atoms with van der Waals surface area (Å²) in [6.45, 7) is 2.80. The molecule has 2 heterocycles. The Hall–Kier alpha value is -2.34. The minimum Gasteiger partial charge on any atom is -0.477 e. The summed E-state index contributed by atoms with van der Waals surface area (Å²) in [4.78, 5) is 28.2. The van der Waals surface area contributed by atoms with Crippen LogP contribution in [0.4, 0.5) is 5.69 Å². The largest absolute Gasteiger partial charge is 0.477 e. The van der Waals surface area contributed by atoms with E-state index in [9.17, 15) is 9.59 Å². The molecule has 104 valence electrons. The maximum atomic E-state index is 12.2. The van der Waals surface area contributed by atoms with Gasteiger partial charge in [0.2, 0.25) is 5.43 Å². The molecular formula is C14H14N2O4. The molecule has 6 nitrogen and oxygen atoms in total. The van der Waals surface area contributed by atoms with Gasteiger partial charge in [0.15, 0.2) is 0 Å². The second kappa shape index (κ2) is 4.97. The lowest BCUT2D eigenvalue weighted by atomic mass is 10.1. The zero-order valence-corrected chi connectivity index (χ0v) is 10.8. The highest BCUT2D eigenvalue weighted by molar-refractivity contribution is 5.96. The van der Waals surface area contributed by atoms with Crippen molar-refractivity contribution in [3.63, 3.8) is 0 Å². The van der Waals surface area contributed by atoms with Crippen molar-refractivity contribution in [2.45, 2.75) is 0 Å².